The molecule has 51 heavy (non-hydrogen) atoms. The molecule has 4 nitrogen and oxygen atoms in total. The van der Waals surface area contributed by atoms with E-state index in [1.165, 1.54) is 217 Å². The minimum atomic E-state index is -0.354. The summed E-state index contributed by atoms with van der Waals surface area (Å²) in [5.74, 6) is -0.426. The van der Waals surface area contributed by atoms with Crippen LogP contribution in [0, 0.1) is 0 Å². The van der Waals surface area contributed by atoms with Gasteiger partial charge in [0.25, 0.3) is 0 Å². The van der Waals surface area contributed by atoms with Crippen molar-refractivity contribution >= 4 is 23.7 Å². The number of thioether (sulfide) groups is 1. The zero-order chi connectivity index (χ0) is 37.3. The lowest BCUT2D eigenvalue weighted by atomic mass is 10.0. The molecule has 0 rings (SSSR count). The Bertz CT molecular complexity index is 655. The van der Waals surface area contributed by atoms with E-state index in [2.05, 4.69) is 13.8 Å². The minimum absolute atomic E-state index is 0.213. The highest BCUT2D eigenvalue weighted by atomic mass is 32.2. The summed E-state index contributed by atoms with van der Waals surface area (Å²) in [5.41, 5.74) is 0. The third-order valence-corrected chi connectivity index (χ3v) is 11.8. The van der Waals surface area contributed by atoms with Crippen LogP contribution in [0.2, 0.25) is 0 Å². The highest BCUT2D eigenvalue weighted by Gasteiger charge is 2.23. The van der Waals surface area contributed by atoms with E-state index in [0.29, 0.717) is 13.2 Å². The molecule has 0 aromatic carbocycles. The van der Waals surface area contributed by atoms with Gasteiger partial charge in [-0.3, -0.25) is 9.59 Å². The lowest BCUT2D eigenvalue weighted by molar-refractivity contribution is -0.142. The van der Waals surface area contributed by atoms with Crippen LogP contribution in [0.5, 0.6) is 0 Å². The van der Waals surface area contributed by atoms with Crippen molar-refractivity contribution in [3.05, 3.63) is 0 Å². The maximum absolute atomic E-state index is 12.4. The summed E-state index contributed by atoms with van der Waals surface area (Å²) in [6.45, 7) is 9.22. The second-order valence-electron chi connectivity index (χ2n) is 15.8. The van der Waals surface area contributed by atoms with Gasteiger partial charge in [-0.25, -0.2) is 0 Å². The summed E-state index contributed by atoms with van der Waals surface area (Å²) >= 11 is 1.35. The van der Waals surface area contributed by atoms with Gasteiger partial charge in [0.05, 0.1) is 13.2 Å². The molecule has 0 bridgehead atoms. The van der Waals surface area contributed by atoms with E-state index in [9.17, 15) is 9.59 Å². The van der Waals surface area contributed by atoms with E-state index >= 15 is 0 Å². The smallest absolute Gasteiger partial charge is 0.318 e. The SMILES string of the molecule is CCCCCCCCCCCCCCCCCCCCOC(=O)C(C)SC(C)C(=O)OCCCCCCCCCCCCCCCCCCCC. The van der Waals surface area contributed by atoms with Gasteiger partial charge in [0.1, 0.15) is 10.5 Å². The second-order valence-corrected chi connectivity index (χ2v) is 17.5. The lowest BCUT2D eigenvalue weighted by Gasteiger charge is -2.16. The Labute approximate surface area is 324 Å². The maximum atomic E-state index is 12.4. The number of hydrogen-bond donors (Lipinski definition) is 0. The number of rotatable bonds is 42. The van der Waals surface area contributed by atoms with Crippen molar-refractivity contribution < 1.29 is 19.1 Å². The molecule has 0 heterocycles. The Morgan fingerprint density at radius 3 is 0.706 bits per heavy atom. The van der Waals surface area contributed by atoms with Crippen LogP contribution in [0.25, 0.3) is 0 Å². The summed E-state index contributed by atoms with van der Waals surface area (Å²) in [6, 6.07) is 0. The van der Waals surface area contributed by atoms with Crippen molar-refractivity contribution in [2.45, 2.75) is 269 Å². The standard InChI is InChI=1S/C46H90O4S/c1-5-7-9-11-13-15-17-19-21-23-25-27-29-31-33-35-37-39-41-49-45(47)43(3)51-44(4)46(48)50-42-40-38-36-34-32-30-28-26-24-22-20-18-16-14-12-10-8-6-2/h43-44H,5-42H2,1-4H3. The number of esters is 2. The zero-order valence-corrected chi connectivity index (χ0v) is 35.9. The first-order chi connectivity index (χ1) is 25.0. The average molecular weight is 739 g/mol. The Balaban J connectivity index is 3.46. The first-order valence-corrected chi connectivity index (χ1v) is 24.0. The van der Waals surface area contributed by atoms with Gasteiger partial charge in [-0.2, -0.15) is 0 Å². The monoisotopic (exact) mass is 739 g/mol. The minimum Gasteiger partial charge on any atom is -0.465 e. The third kappa shape index (κ3) is 38.8. The van der Waals surface area contributed by atoms with Crippen molar-refractivity contribution in [3.8, 4) is 0 Å². The first kappa shape index (κ1) is 50.3. The largest absolute Gasteiger partial charge is 0.465 e. The molecular formula is C46H90O4S. The number of carbonyl (C=O) groups is 2. The molecule has 0 aromatic rings. The summed E-state index contributed by atoms with van der Waals surface area (Å²) in [7, 11) is 0. The topological polar surface area (TPSA) is 52.6 Å². The predicted molar refractivity (Wildman–Crippen MR) is 226 cm³/mol. The van der Waals surface area contributed by atoms with E-state index in [1.54, 1.807) is 0 Å². The Kier molecular flexibility index (Phi) is 41.5. The average Bonchev–Trinajstić information content (AvgIpc) is 3.13. The van der Waals surface area contributed by atoms with Crippen LogP contribution in [0.1, 0.15) is 259 Å². The molecule has 0 spiro atoms. The van der Waals surface area contributed by atoms with Gasteiger partial charge in [0.15, 0.2) is 0 Å². The van der Waals surface area contributed by atoms with Crippen LogP contribution in [-0.4, -0.2) is 35.7 Å². The molecule has 304 valence electrons. The van der Waals surface area contributed by atoms with E-state index in [-0.39, 0.29) is 22.4 Å². The molecule has 0 saturated heterocycles. The van der Waals surface area contributed by atoms with E-state index in [1.807, 2.05) is 13.8 Å². The highest BCUT2D eigenvalue weighted by Crippen LogP contribution is 2.21. The molecule has 0 saturated carbocycles. The summed E-state index contributed by atoms with van der Waals surface area (Å²) in [5, 5.41) is -0.707. The maximum Gasteiger partial charge on any atom is 0.318 e. The number of ether oxygens (including phenoxy) is 2. The van der Waals surface area contributed by atoms with Crippen LogP contribution >= 0.6 is 11.8 Å². The van der Waals surface area contributed by atoms with Crippen LogP contribution in [-0.2, 0) is 19.1 Å². The van der Waals surface area contributed by atoms with Crippen molar-refractivity contribution in [2.24, 2.45) is 0 Å². The lowest BCUT2D eigenvalue weighted by Crippen LogP contribution is -2.25. The third-order valence-electron chi connectivity index (χ3n) is 10.6. The molecule has 0 amide bonds. The van der Waals surface area contributed by atoms with Crippen molar-refractivity contribution in [2.75, 3.05) is 13.2 Å². The van der Waals surface area contributed by atoms with E-state index in [0.717, 1.165) is 25.7 Å². The Morgan fingerprint density at radius 1 is 0.333 bits per heavy atom. The molecule has 0 radical (unpaired) electrons. The molecule has 0 aliphatic rings. The molecule has 0 fully saturated rings. The van der Waals surface area contributed by atoms with Crippen LogP contribution in [0.15, 0.2) is 0 Å². The van der Waals surface area contributed by atoms with Crippen molar-refractivity contribution in [1.82, 2.24) is 0 Å². The van der Waals surface area contributed by atoms with Gasteiger partial charge < -0.3 is 9.47 Å². The van der Waals surface area contributed by atoms with Gasteiger partial charge in [-0.05, 0) is 26.7 Å². The van der Waals surface area contributed by atoms with Gasteiger partial charge in [0, 0.05) is 0 Å². The van der Waals surface area contributed by atoms with Crippen molar-refractivity contribution in [3.63, 3.8) is 0 Å². The highest BCUT2D eigenvalue weighted by molar-refractivity contribution is 8.01. The zero-order valence-electron chi connectivity index (χ0n) is 35.1. The summed E-state index contributed by atoms with van der Waals surface area (Å²) < 4.78 is 11.0. The Hall–Kier alpha value is -0.710. The number of carbonyl (C=O) groups excluding carboxylic acids is 2. The van der Waals surface area contributed by atoms with Gasteiger partial charge >= 0.3 is 11.9 Å². The van der Waals surface area contributed by atoms with Crippen LogP contribution in [0.3, 0.4) is 0 Å². The molecule has 0 aliphatic carbocycles. The van der Waals surface area contributed by atoms with Gasteiger partial charge in [-0.15, -0.1) is 11.8 Å². The fourth-order valence-corrected chi connectivity index (χ4v) is 7.98. The molecule has 2 unspecified atom stereocenters. The second kappa shape index (κ2) is 42.0. The molecule has 2 atom stereocenters. The van der Waals surface area contributed by atoms with Gasteiger partial charge in [-0.1, -0.05) is 232 Å². The van der Waals surface area contributed by atoms with Crippen LogP contribution in [0.4, 0.5) is 0 Å². The fraction of sp³-hybridized carbons (Fsp3) is 0.957. The van der Waals surface area contributed by atoms with E-state index in [4.69, 9.17) is 9.47 Å². The number of unbranched alkanes of at least 4 members (excludes halogenated alkanes) is 34. The summed E-state index contributed by atoms with van der Waals surface area (Å²) in [4.78, 5) is 24.9. The first-order valence-electron chi connectivity index (χ1n) is 23.0. The Morgan fingerprint density at radius 2 is 0.510 bits per heavy atom. The van der Waals surface area contributed by atoms with Gasteiger partial charge in [0.2, 0.25) is 0 Å². The molecule has 0 aromatic heterocycles. The van der Waals surface area contributed by atoms with Crippen molar-refractivity contribution in [1.29, 1.82) is 0 Å². The van der Waals surface area contributed by atoms with Crippen LogP contribution < -0.4 is 0 Å². The predicted octanol–water partition coefficient (Wildman–Crippen LogP) is 15.7. The molecule has 5 heteroatoms. The quantitative estimate of drug-likeness (QED) is 0.0461. The fourth-order valence-electron chi connectivity index (χ4n) is 7.00. The molecular weight excluding hydrogens is 649 g/mol. The molecule has 0 N–H and O–H groups in total. The normalized spacial score (nSPS) is 12.6. The number of hydrogen-bond acceptors (Lipinski definition) is 5. The molecule has 0 aliphatic heterocycles. The van der Waals surface area contributed by atoms with E-state index < -0.39 is 0 Å². The summed E-state index contributed by atoms with van der Waals surface area (Å²) in [6.07, 6.45) is 48.5.